The lowest BCUT2D eigenvalue weighted by Crippen LogP contribution is -2.25. The number of halogens is 2. The SMILES string of the molecule is O=C1Nc2cc(C(=O)NCc3cccc(F)c3)ccc2OC1=Cc1cccc(Cl)c1. The van der Waals surface area contributed by atoms with E-state index in [-0.39, 0.29) is 24.0 Å². The van der Waals surface area contributed by atoms with Crippen LogP contribution in [0, 0.1) is 5.82 Å². The van der Waals surface area contributed by atoms with E-state index in [0.717, 1.165) is 5.56 Å². The van der Waals surface area contributed by atoms with E-state index in [1.807, 2.05) is 0 Å². The molecule has 150 valence electrons. The Labute approximate surface area is 177 Å². The van der Waals surface area contributed by atoms with Crippen molar-refractivity contribution in [2.24, 2.45) is 0 Å². The number of anilines is 1. The predicted molar refractivity (Wildman–Crippen MR) is 113 cm³/mol. The van der Waals surface area contributed by atoms with Crippen molar-refractivity contribution in [3.63, 3.8) is 0 Å². The third-order valence-corrected chi connectivity index (χ3v) is 4.66. The first-order valence-corrected chi connectivity index (χ1v) is 9.49. The number of ether oxygens (including phenoxy) is 1. The lowest BCUT2D eigenvalue weighted by molar-refractivity contribution is -0.115. The minimum atomic E-state index is -0.431. The van der Waals surface area contributed by atoms with Gasteiger partial charge in [0.1, 0.15) is 5.82 Å². The third kappa shape index (κ3) is 4.50. The van der Waals surface area contributed by atoms with Crippen LogP contribution in [-0.4, -0.2) is 11.8 Å². The van der Waals surface area contributed by atoms with Crippen LogP contribution in [0.2, 0.25) is 5.02 Å². The van der Waals surface area contributed by atoms with Crippen LogP contribution in [0.3, 0.4) is 0 Å². The van der Waals surface area contributed by atoms with Crippen molar-refractivity contribution in [2.45, 2.75) is 6.54 Å². The molecule has 1 aliphatic rings. The average Bonchev–Trinajstić information content (AvgIpc) is 2.72. The van der Waals surface area contributed by atoms with Crippen LogP contribution in [0.15, 0.2) is 72.5 Å². The summed E-state index contributed by atoms with van der Waals surface area (Å²) in [5.74, 6) is -0.606. The van der Waals surface area contributed by atoms with Gasteiger partial charge in [0.2, 0.25) is 0 Å². The van der Waals surface area contributed by atoms with Gasteiger partial charge in [-0.2, -0.15) is 0 Å². The summed E-state index contributed by atoms with van der Waals surface area (Å²) in [4.78, 5) is 24.8. The summed E-state index contributed by atoms with van der Waals surface area (Å²) < 4.78 is 18.9. The van der Waals surface area contributed by atoms with Gasteiger partial charge < -0.3 is 15.4 Å². The number of carbonyl (C=O) groups excluding carboxylic acids is 2. The molecule has 3 aromatic carbocycles. The van der Waals surface area contributed by atoms with E-state index in [2.05, 4.69) is 10.6 Å². The summed E-state index contributed by atoms with van der Waals surface area (Å²) in [6.07, 6.45) is 1.59. The van der Waals surface area contributed by atoms with E-state index < -0.39 is 5.91 Å². The largest absolute Gasteiger partial charge is 0.449 e. The maximum absolute atomic E-state index is 13.3. The highest BCUT2D eigenvalue weighted by molar-refractivity contribution is 6.30. The highest BCUT2D eigenvalue weighted by Crippen LogP contribution is 2.32. The van der Waals surface area contributed by atoms with Gasteiger partial charge in [0.25, 0.3) is 11.8 Å². The minimum Gasteiger partial charge on any atom is -0.449 e. The number of nitrogens with one attached hydrogen (secondary N) is 2. The number of amides is 2. The maximum atomic E-state index is 13.3. The van der Waals surface area contributed by atoms with Crippen molar-refractivity contribution in [1.29, 1.82) is 0 Å². The van der Waals surface area contributed by atoms with Crippen molar-refractivity contribution in [1.82, 2.24) is 5.32 Å². The zero-order valence-corrected chi connectivity index (χ0v) is 16.4. The van der Waals surface area contributed by atoms with Gasteiger partial charge in [0, 0.05) is 17.1 Å². The summed E-state index contributed by atoms with van der Waals surface area (Å²) in [6, 6.07) is 17.8. The molecule has 1 heterocycles. The van der Waals surface area contributed by atoms with Gasteiger partial charge in [-0.25, -0.2) is 4.39 Å². The number of carbonyl (C=O) groups is 2. The molecule has 0 bridgehead atoms. The van der Waals surface area contributed by atoms with Gasteiger partial charge in [0.05, 0.1) is 5.69 Å². The number of rotatable bonds is 4. The fraction of sp³-hybridized carbons (Fsp3) is 0.0435. The molecule has 30 heavy (non-hydrogen) atoms. The van der Waals surface area contributed by atoms with E-state index in [0.29, 0.717) is 27.6 Å². The van der Waals surface area contributed by atoms with Crippen molar-refractivity contribution in [3.05, 3.63) is 100 Å². The quantitative estimate of drug-likeness (QED) is 0.594. The van der Waals surface area contributed by atoms with Crippen molar-refractivity contribution < 1.29 is 18.7 Å². The van der Waals surface area contributed by atoms with Crippen LogP contribution in [0.4, 0.5) is 10.1 Å². The smallest absolute Gasteiger partial charge is 0.291 e. The van der Waals surface area contributed by atoms with E-state index in [1.54, 1.807) is 54.6 Å². The van der Waals surface area contributed by atoms with Crippen LogP contribution in [0.5, 0.6) is 5.75 Å². The van der Waals surface area contributed by atoms with Gasteiger partial charge in [-0.15, -0.1) is 0 Å². The fourth-order valence-electron chi connectivity index (χ4n) is 2.98. The Hall–Kier alpha value is -3.64. The molecule has 0 fully saturated rings. The van der Waals surface area contributed by atoms with Crippen LogP contribution in [0.25, 0.3) is 6.08 Å². The molecule has 0 saturated heterocycles. The van der Waals surface area contributed by atoms with E-state index in [9.17, 15) is 14.0 Å². The maximum Gasteiger partial charge on any atom is 0.291 e. The molecule has 0 aliphatic carbocycles. The van der Waals surface area contributed by atoms with Gasteiger partial charge in [-0.3, -0.25) is 9.59 Å². The summed E-state index contributed by atoms with van der Waals surface area (Å²) in [5, 5.41) is 6.00. The van der Waals surface area contributed by atoms with Crippen LogP contribution in [-0.2, 0) is 11.3 Å². The van der Waals surface area contributed by atoms with Crippen LogP contribution in [0.1, 0.15) is 21.5 Å². The topological polar surface area (TPSA) is 67.4 Å². The lowest BCUT2D eigenvalue weighted by Gasteiger charge is -2.20. The number of benzene rings is 3. The first-order chi connectivity index (χ1) is 14.5. The molecule has 0 spiro atoms. The van der Waals surface area contributed by atoms with E-state index in [4.69, 9.17) is 16.3 Å². The summed E-state index contributed by atoms with van der Waals surface area (Å²) in [7, 11) is 0. The molecule has 2 N–H and O–H groups in total. The molecule has 4 rings (SSSR count). The van der Waals surface area contributed by atoms with E-state index in [1.165, 1.54) is 18.2 Å². The Balaban J connectivity index is 1.48. The third-order valence-electron chi connectivity index (χ3n) is 4.42. The van der Waals surface area contributed by atoms with Crippen molar-refractivity contribution in [3.8, 4) is 5.75 Å². The highest BCUT2D eigenvalue weighted by atomic mass is 35.5. The van der Waals surface area contributed by atoms with Crippen molar-refractivity contribution >= 4 is 35.2 Å². The molecule has 0 radical (unpaired) electrons. The fourth-order valence-corrected chi connectivity index (χ4v) is 3.18. The Morgan fingerprint density at radius 1 is 1.10 bits per heavy atom. The molecule has 0 aromatic heterocycles. The number of hydrogen-bond acceptors (Lipinski definition) is 3. The van der Waals surface area contributed by atoms with Gasteiger partial charge in [-0.05, 0) is 59.7 Å². The highest BCUT2D eigenvalue weighted by Gasteiger charge is 2.23. The second-order valence-corrected chi connectivity index (χ2v) is 7.08. The zero-order valence-electron chi connectivity index (χ0n) is 15.6. The molecule has 0 unspecified atom stereocenters. The minimum absolute atomic E-state index is 0.119. The average molecular weight is 423 g/mol. The lowest BCUT2D eigenvalue weighted by atomic mass is 10.1. The van der Waals surface area contributed by atoms with Gasteiger partial charge in [0.15, 0.2) is 11.5 Å². The summed E-state index contributed by atoms with van der Waals surface area (Å²) >= 11 is 5.97. The Kier molecular flexibility index (Phi) is 5.50. The molecule has 0 saturated carbocycles. The zero-order chi connectivity index (χ0) is 21.1. The Morgan fingerprint density at radius 3 is 2.73 bits per heavy atom. The standard InChI is InChI=1S/C23H16ClFN2O3/c24-17-5-1-3-14(9-17)11-21-23(29)27-19-12-16(7-8-20(19)30-21)22(28)26-13-15-4-2-6-18(25)10-15/h1-12H,13H2,(H,26,28)(H,27,29). The molecule has 5 nitrogen and oxygen atoms in total. The molecular weight excluding hydrogens is 407 g/mol. The number of fused-ring (bicyclic) bond motifs is 1. The first-order valence-electron chi connectivity index (χ1n) is 9.11. The molecule has 2 amide bonds. The summed E-state index contributed by atoms with van der Waals surface area (Å²) in [6.45, 7) is 0.184. The van der Waals surface area contributed by atoms with Gasteiger partial charge >= 0.3 is 0 Å². The van der Waals surface area contributed by atoms with Crippen LogP contribution >= 0.6 is 11.6 Å². The molecule has 3 aromatic rings. The first kappa shape index (κ1) is 19.7. The normalized spacial score (nSPS) is 13.9. The molecule has 7 heteroatoms. The van der Waals surface area contributed by atoms with Gasteiger partial charge in [-0.1, -0.05) is 35.9 Å². The molecule has 0 atom stereocenters. The summed E-state index contributed by atoms with van der Waals surface area (Å²) in [5.41, 5.74) is 2.11. The number of hydrogen-bond donors (Lipinski definition) is 2. The Morgan fingerprint density at radius 2 is 1.93 bits per heavy atom. The molecule has 1 aliphatic heterocycles. The predicted octanol–water partition coefficient (Wildman–Crippen LogP) is 4.78. The monoisotopic (exact) mass is 422 g/mol. The second-order valence-electron chi connectivity index (χ2n) is 6.64. The Bertz CT molecular complexity index is 1180. The van der Waals surface area contributed by atoms with E-state index >= 15 is 0 Å². The molecular formula is C23H16ClFN2O3. The second kappa shape index (κ2) is 8.39. The van der Waals surface area contributed by atoms with Crippen LogP contribution < -0.4 is 15.4 Å². The van der Waals surface area contributed by atoms with Crippen molar-refractivity contribution in [2.75, 3.05) is 5.32 Å².